The average Bonchev–Trinajstić information content (AvgIpc) is 3.49. The second kappa shape index (κ2) is 9.34. The average molecular weight is 389 g/mol. The van der Waals surface area contributed by atoms with Gasteiger partial charge < -0.3 is 20.6 Å². The quantitative estimate of drug-likeness (QED) is 0.590. The highest BCUT2D eigenvalue weighted by atomic mass is 16.4. The number of carboxylic acids is 1. The van der Waals surface area contributed by atoms with Crippen LogP contribution in [0, 0.1) is 11.8 Å². The molecule has 3 amide bonds. The number of aliphatic carboxylic acids is 1. The smallest absolute Gasteiger partial charge is 0.326 e. The standard InChI is InChI=1S/C20H27N3O5/c1-12(2)10-15(20(27)28)22-17(24)11-21-18(25)14-6-4-5-7-16(14)23(3)19(26)13-8-9-13/h4-7,12-13,15H,8-11H2,1-3H3,(H,21,25)(H,22,24)(H,27,28)/t15-/m0/s1. The Balaban J connectivity index is 1.98. The monoisotopic (exact) mass is 389 g/mol. The number of para-hydroxylation sites is 1. The predicted molar refractivity (Wildman–Crippen MR) is 104 cm³/mol. The minimum absolute atomic E-state index is 0.0146. The number of carboxylic acid groups (broad SMARTS) is 1. The lowest BCUT2D eigenvalue weighted by Crippen LogP contribution is -2.46. The maximum atomic E-state index is 12.5. The molecule has 3 N–H and O–H groups in total. The van der Waals surface area contributed by atoms with Gasteiger partial charge in [0, 0.05) is 13.0 Å². The molecule has 8 nitrogen and oxygen atoms in total. The molecule has 8 heteroatoms. The van der Waals surface area contributed by atoms with E-state index < -0.39 is 23.8 Å². The Morgan fingerprint density at radius 3 is 2.39 bits per heavy atom. The fourth-order valence-electron chi connectivity index (χ4n) is 2.88. The maximum Gasteiger partial charge on any atom is 0.326 e. The van der Waals surface area contributed by atoms with Crippen LogP contribution in [0.4, 0.5) is 5.69 Å². The van der Waals surface area contributed by atoms with Crippen LogP contribution in [0.2, 0.25) is 0 Å². The van der Waals surface area contributed by atoms with E-state index in [1.165, 1.54) is 4.90 Å². The molecule has 0 unspecified atom stereocenters. The van der Waals surface area contributed by atoms with Crippen LogP contribution >= 0.6 is 0 Å². The van der Waals surface area contributed by atoms with Crippen molar-refractivity contribution in [3.05, 3.63) is 29.8 Å². The summed E-state index contributed by atoms with van der Waals surface area (Å²) in [5.74, 6) is -2.11. The van der Waals surface area contributed by atoms with Crippen molar-refractivity contribution in [1.82, 2.24) is 10.6 Å². The number of benzene rings is 1. The van der Waals surface area contributed by atoms with E-state index in [1.54, 1.807) is 31.3 Å². The van der Waals surface area contributed by atoms with Crippen molar-refractivity contribution in [1.29, 1.82) is 0 Å². The van der Waals surface area contributed by atoms with Crippen LogP contribution in [0.1, 0.15) is 43.5 Å². The van der Waals surface area contributed by atoms with Gasteiger partial charge in [0.15, 0.2) is 0 Å². The second-order valence-electron chi connectivity index (χ2n) is 7.46. The summed E-state index contributed by atoms with van der Waals surface area (Å²) in [5, 5.41) is 14.1. The van der Waals surface area contributed by atoms with Crippen molar-refractivity contribution in [2.75, 3.05) is 18.5 Å². The summed E-state index contributed by atoms with van der Waals surface area (Å²) in [7, 11) is 1.63. The van der Waals surface area contributed by atoms with Crippen molar-refractivity contribution in [3.63, 3.8) is 0 Å². The number of carbonyl (C=O) groups excluding carboxylic acids is 3. The molecule has 152 valence electrons. The van der Waals surface area contributed by atoms with Crippen LogP contribution in [0.25, 0.3) is 0 Å². The van der Waals surface area contributed by atoms with E-state index in [1.807, 2.05) is 13.8 Å². The molecular weight excluding hydrogens is 362 g/mol. The maximum absolute atomic E-state index is 12.5. The van der Waals surface area contributed by atoms with Gasteiger partial charge in [-0.25, -0.2) is 4.79 Å². The third-order valence-electron chi connectivity index (χ3n) is 4.52. The molecule has 1 aromatic carbocycles. The summed E-state index contributed by atoms with van der Waals surface area (Å²) in [4.78, 5) is 49.6. The molecule has 0 spiro atoms. The summed E-state index contributed by atoms with van der Waals surface area (Å²) < 4.78 is 0. The fraction of sp³-hybridized carbons (Fsp3) is 0.500. The van der Waals surface area contributed by atoms with Crippen LogP contribution in [0.5, 0.6) is 0 Å². The van der Waals surface area contributed by atoms with Crippen molar-refractivity contribution in [2.45, 2.75) is 39.2 Å². The van der Waals surface area contributed by atoms with E-state index in [2.05, 4.69) is 10.6 Å². The topological polar surface area (TPSA) is 116 Å². The number of nitrogens with zero attached hydrogens (tertiary/aromatic N) is 1. The van der Waals surface area contributed by atoms with Crippen LogP contribution < -0.4 is 15.5 Å². The lowest BCUT2D eigenvalue weighted by atomic mass is 10.0. The number of nitrogens with one attached hydrogen (secondary N) is 2. The Bertz CT molecular complexity index is 758. The van der Waals surface area contributed by atoms with Crippen molar-refractivity contribution in [2.24, 2.45) is 11.8 Å². The number of hydrogen-bond donors (Lipinski definition) is 3. The van der Waals surface area contributed by atoms with Gasteiger partial charge >= 0.3 is 5.97 Å². The van der Waals surface area contributed by atoms with Gasteiger partial charge in [0.25, 0.3) is 5.91 Å². The van der Waals surface area contributed by atoms with Crippen LogP contribution in [0.3, 0.4) is 0 Å². The zero-order valence-electron chi connectivity index (χ0n) is 16.4. The van der Waals surface area contributed by atoms with Crippen LogP contribution in [0.15, 0.2) is 24.3 Å². The summed E-state index contributed by atoms with van der Waals surface area (Å²) >= 11 is 0. The zero-order valence-corrected chi connectivity index (χ0v) is 16.4. The molecule has 1 aliphatic rings. The normalized spacial score (nSPS) is 14.3. The van der Waals surface area contributed by atoms with E-state index in [-0.39, 0.29) is 29.9 Å². The number of anilines is 1. The van der Waals surface area contributed by atoms with Gasteiger partial charge in [0.1, 0.15) is 6.04 Å². The van der Waals surface area contributed by atoms with E-state index in [0.717, 1.165) is 12.8 Å². The fourth-order valence-corrected chi connectivity index (χ4v) is 2.88. The molecule has 1 aliphatic carbocycles. The molecule has 1 fully saturated rings. The zero-order chi connectivity index (χ0) is 20.8. The van der Waals surface area contributed by atoms with Crippen molar-refractivity contribution in [3.8, 4) is 0 Å². The van der Waals surface area contributed by atoms with Crippen LogP contribution in [-0.2, 0) is 14.4 Å². The Kier molecular flexibility index (Phi) is 7.14. The highest BCUT2D eigenvalue weighted by molar-refractivity contribution is 6.06. The Hall–Kier alpha value is -2.90. The first-order valence-corrected chi connectivity index (χ1v) is 9.37. The first-order valence-electron chi connectivity index (χ1n) is 9.37. The lowest BCUT2D eigenvalue weighted by molar-refractivity contribution is -0.142. The molecule has 0 aliphatic heterocycles. The minimum Gasteiger partial charge on any atom is -0.480 e. The van der Waals surface area contributed by atoms with Crippen molar-refractivity contribution < 1.29 is 24.3 Å². The minimum atomic E-state index is -1.11. The summed E-state index contributed by atoms with van der Waals surface area (Å²) in [6.07, 6.45) is 2.02. The Morgan fingerprint density at radius 1 is 1.18 bits per heavy atom. The van der Waals surface area contributed by atoms with Gasteiger partial charge in [-0.05, 0) is 37.3 Å². The summed E-state index contributed by atoms with van der Waals surface area (Å²) in [6, 6.07) is 5.67. The molecule has 1 atom stereocenters. The largest absolute Gasteiger partial charge is 0.480 e. The Morgan fingerprint density at radius 2 is 1.82 bits per heavy atom. The van der Waals surface area contributed by atoms with Gasteiger partial charge in [-0.1, -0.05) is 26.0 Å². The van der Waals surface area contributed by atoms with Gasteiger partial charge in [-0.15, -0.1) is 0 Å². The van der Waals surface area contributed by atoms with Crippen molar-refractivity contribution >= 4 is 29.4 Å². The molecule has 28 heavy (non-hydrogen) atoms. The third kappa shape index (κ3) is 5.80. The second-order valence-corrected chi connectivity index (χ2v) is 7.46. The molecule has 0 saturated heterocycles. The third-order valence-corrected chi connectivity index (χ3v) is 4.52. The van der Waals surface area contributed by atoms with E-state index in [0.29, 0.717) is 12.1 Å². The molecule has 0 heterocycles. The van der Waals surface area contributed by atoms with Gasteiger partial charge in [0.2, 0.25) is 11.8 Å². The van der Waals surface area contributed by atoms with E-state index in [4.69, 9.17) is 0 Å². The van der Waals surface area contributed by atoms with Gasteiger partial charge in [-0.3, -0.25) is 14.4 Å². The number of rotatable bonds is 9. The van der Waals surface area contributed by atoms with Gasteiger partial charge in [-0.2, -0.15) is 0 Å². The van der Waals surface area contributed by atoms with E-state index >= 15 is 0 Å². The van der Waals surface area contributed by atoms with Crippen LogP contribution in [-0.4, -0.2) is 48.4 Å². The van der Waals surface area contributed by atoms with E-state index in [9.17, 15) is 24.3 Å². The predicted octanol–water partition coefficient (Wildman–Crippen LogP) is 1.40. The summed E-state index contributed by atoms with van der Waals surface area (Å²) in [6.45, 7) is 3.37. The molecule has 1 aromatic rings. The first-order chi connectivity index (χ1) is 13.2. The molecular formula is C20H27N3O5. The molecule has 0 aromatic heterocycles. The molecule has 1 saturated carbocycles. The molecule has 2 rings (SSSR count). The van der Waals surface area contributed by atoms with Gasteiger partial charge in [0.05, 0.1) is 17.8 Å². The molecule has 0 radical (unpaired) electrons. The number of hydrogen-bond acceptors (Lipinski definition) is 4. The Labute approximate surface area is 164 Å². The highest BCUT2D eigenvalue weighted by Gasteiger charge is 2.33. The lowest BCUT2D eigenvalue weighted by Gasteiger charge is -2.20. The summed E-state index contributed by atoms with van der Waals surface area (Å²) in [5.41, 5.74) is 0.754. The first kappa shape index (κ1) is 21.4. The molecule has 0 bridgehead atoms. The highest BCUT2D eigenvalue weighted by Crippen LogP contribution is 2.33. The SMILES string of the molecule is CC(C)C[C@H](NC(=O)CNC(=O)c1ccccc1N(C)C(=O)C1CC1)C(=O)O. The number of carbonyl (C=O) groups is 4. The number of amides is 3.